The van der Waals surface area contributed by atoms with E-state index in [1.165, 1.54) is 0 Å². The number of carbonyl (C=O) groups is 3. The number of carbonyl (C=O) groups excluding carboxylic acids is 3. The first-order valence-corrected chi connectivity index (χ1v) is 11.2. The Morgan fingerprint density at radius 1 is 1.13 bits per heavy atom. The lowest BCUT2D eigenvalue weighted by molar-refractivity contribution is -0.153. The number of nitrogens with zero attached hydrogens (tertiary/aromatic N) is 2. The van der Waals surface area contributed by atoms with Crippen molar-refractivity contribution in [3.8, 4) is 0 Å². The zero-order chi connectivity index (χ0) is 21.1. The van der Waals surface area contributed by atoms with E-state index < -0.39 is 11.5 Å². The second kappa shape index (κ2) is 8.76. The molecule has 30 heavy (non-hydrogen) atoms. The fourth-order valence-corrected chi connectivity index (χ4v) is 5.03. The summed E-state index contributed by atoms with van der Waals surface area (Å²) in [4.78, 5) is 42.1. The van der Waals surface area contributed by atoms with Gasteiger partial charge in [-0.15, -0.1) is 0 Å². The van der Waals surface area contributed by atoms with Gasteiger partial charge in [0.15, 0.2) is 0 Å². The lowest BCUT2D eigenvalue weighted by atomic mass is 9.75. The van der Waals surface area contributed by atoms with Crippen LogP contribution in [0.15, 0.2) is 24.3 Å². The molecule has 0 aromatic heterocycles. The Labute approximate surface area is 177 Å². The van der Waals surface area contributed by atoms with Gasteiger partial charge in [-0.2, -0.15) is 0 Å². The van der Waals surface area contributed by atoms with Crippen LogP contribution in [-0.2, 0) is 14.3 Å². The third-order valence-corrected chi connectivity index (χ3v) is 6.82. The first-order chi connectivity index (χ1) is 14.5. The molecule has 1 aromatic rings. The summed E-state index contributed by atoms with van der Waals surface area (Å²) < 4.78 is 5.66. The van der Waals surface area contributed by atoms with Crippen LogP contribution < -0.4 is 5.32 Å². The summed E-state index contributed by atoms with van der Waals surface area (Å²) in [7, 11) is 0. The van der Waals surface area contributed by atoms with E-state index in [0.717, 1.165) is 51.7 Å². The fraction of sp³-hybridized carbons (Fsp3) is 0.609. The van der Waals surface area contributed by atoms with Crippen molar-refractivity contribution in [2.45, 2.75) is 51.0 Å². The van der Waals surface area contributed by atoms with Gasteiger partial charge in [0.05, 0.1) is 12.3 Å². The zero-order valence-corrected chi connectivity index (χ0v) is 17.7. The first-order valence-electron chi connectivity index (χ1n) is 11.2. The molecule has 0 radical (unpaired) electrons. The lowest BCUT2D eigenvalue weighted by Crippen LogP contribution is -2.48. The number of piperazine rings is 1. The van der Waals surface area contributed by atoms with E-state index in [0.29, 0.717) is 24.3 Å². The molecule has 2 heterocycles. The predicted octanol–water partition coefficient (Wildman–Crippen LogP) is 2.67. The van der Waals surface area contributed by atoms with Crippen LogP contribution in [0, 0.1) is 5.92 Å². The maximum Gasteiger partial charge on any atom is 0.307 e. The summed E-state index contributed by atoms with van der Waals surface area (Å²) in [6, 6.07) is 7.10. The van der Waals surface area contributed by atoms with Crippen molar-refractivity contribution in [1.29, 1.82) is 0 Å². The van der Waals surface area contributed by atoms with E-state index in [4.69, 9.17) is 4.74 Å². The van der Waals surface area contributed by atoms with Crippen LogP contribution in [0.4, 0.5) is 5.69 Å². The number of hydrogen-bond donors (Lipinski definition) is 1. The average Bonchev–Trinajstić information content (AvgIpc) is 3.09. The predicted molar refractivity (Wildman–Crippen MR) is 113 cm³/mol. The topological polar surface area (TPSA) is 79.0 Å². The van der Waals surface area contributed by atoms with Crippen LogP contribution in [0.25, 0.3) is 0 Å². The lowest BCUT2D eigenvalue weighted by Gasteiger charge is -2.36. The standard InChI is InChI=1S/C23H31N3O4/c1-2-25-11-13-26(14-12-25)22(29)17-7-6-8-18(15-17)24-21(28)19-16-20(27)30-23(19)9-4-3-5-10-23/h6-8,15,19H,2-5,9-14,16H2,1H3,(H,24,28). The Kier molecular flexibility index (Phi) is 6.09. The Hall–Kier alpha value is -2.41. The SMILES string of the molecule is CCN1CCN(C(=O)c2cccc(NC(=O)C3CC(=O)OC34CCCCC4)c2)CC1. The molecular weight excluding hydrogens is 382 g/mol. The number of benzene rings is 1. The van der Waals surface area contributed by atoms with Gasteiger partial charge in [-0.05, 0) is 50.4 Å². The summed E-state index contributed by atoms with van der Waals surface area (Å²) in [5, 5.41) is 2.94. The molecule has 1 aromatic carbocycles. The van der Waals surface area contributed by atoms with Gasteiger partial charge >= 0.3 is 5.97 Å². The molecule has 1 unspecified atom stereocenters. The Balaban J connectivity index is 1.43. The van der Waals surface area contributed by atoms with Gasteiger partial charge in [-0.3, -0.25) is 14.4 Å². The van der Waals surface area contributed by atoms with Crippen LogP contribution in [0.5, 0.6) is 0 Å². The number of hydrogen-bond acceptors (Lipinski definition) is 5. The summed E-state index contributed by atoms with van der Waals surface area (Å²) in [5.41, 5.74) is 0.512. The highest BCUT2D eigenvalue weighted by Gasteiger charge is 2.52. The third kappa shape index (κ3) is 4.21. The van der Waals surface area contributed by atoms with Crippen molar-refractivity contribution in [2.75, 3.05) is 38.0 Å². The molecule has 2 amide bonds. The molecule has 2 saturated heterocycles. The first kappa shape index (κ1) is 20.8. The van der Waals surface area contributed by atoms with Gasteiger partial charge < -0.3 is 19.9 Å². The molecule has 7 heteroatoms. The minimum Gasteiger partial charge on any atom is -0.458 e. The molecule has 1 N–H and O–H groups in total. The molecule has 1 atom stereocenters. The normalized spacial score (nSPS) is 24.0. The quantitative estimate of drug-likeness (QED) is 0.768. The maximum absolute atomic E-state index is 13.0. The van der Waals surface area contributed by atoms with Gasteiger partial charge in [0.2, 0.25) is 5.91 Å². The summed E-state index contributed by atoms with van der Waals surface area (Å²) in [6.45, 7) is 6.33. The van der Waals surface area contributed by atoms with Crippen molar-refractivity contribution in [1.82, 2.24) is 9.80 Å². The van der Waals surface area contributed by atoms with Crippen LogP contribution >= 0.6 is 0 Å². The number of amides is 2. The van der Waals surface area contributed by atoms with Crippen molar-refractivity contribution in [3.05, 3.63) is 29.8 Å². The second-order valence-corrected chi connectivity index (χ2v) is 8.65. The van der Waals surface area contributed by atoms with Gasteiger partial charge in [0.25, 0.3) is 5.91 Å². The number of ether oxygens (including phenoxy) is 1. The summed E-state index contributed by atoms with van der Waals surface area (Å²) in [6.07, 6.45) is 4.70. The molecule has 3 aliphatic rings. The molecule has 4 rings (SSSR count). The van der Waals surface area contributed by atoms with Crippen molar-refractivity contribution in [2.24, 2.45) is 5.92 Å². The monoisotopic (exact) mass is 413 g/mol. The van der Waals surface area contributed by atoms with E-state index >= 15 is 0 Å². The molecule has 2 aliphatic heterocycles. The van der Waals surface area contributed by atoms with Crippen LogP contribution in [0.1, 0.15) is 55.8 Å². The Morgan fingerprint density at radius 3 is 2.57 bits per heavy atom. The van der Waals surface area contributed by atoms with Crippen molar-refractivity contribution in [3.63, 3.8) is 0 Å². The number of likely N-dealkylation sites (N-methyl/N-ethyl adjacent to an activating group) is 1. The smallest absolute Gasteiger partial charge is 0.307 e. The van der Waals surface area contributed by atoms with Gasteiger partial charge in [0.1, 0.15) is 5.60 Å². The molecule has 1 saturated carbocycles. The molecule has 1 spiro atoms. The fourth-order valence-electron chi connectivity index (χ4n) is 5.03. The average molecular weight is 414 g/mol. The second-order valence-electron chi connectivity index (χ2n) is 8.65. The highest BCUT2D eigenvalue weighted by atomic mass is 16.6. The third-order valence-electron chi connectivity index (χ3n) is 6.82. The summed E-state index contributed by atoms with van der Waals surface area (Å²) in [5.74, 6) is -0.951. The number of esters is 1. The largest absolute Gasteiger partial charge is 0.458 e. The number of nitrogens with one attached hydrogen (secondary N) is 1. The Morgan fingerprint density at radius 2 is 1.87 bits per heavy atom. The van der Waals surface area contributed by atoms with E-state index in [9.17, 15) is 14.4 Å². The van der Waals surface area contributed by atoms with Crippen LogP contribution in [-0.4, -0.2) is 65.9 Å². The van der Waals surface area contributed by atoms with E-state index in [1.807, 2.05) is 4.90 Å². The van der Waals surface area contributed by atoms with Crippen LogP contribution in [0.3, 0.4) is 0 Å². The van der Waals surface area contributed by atoms with Gasteiger partial charge in [-0.1, -0.05) is 19.4 Å². The maximum atomic E-state index is 13.0. The van der Waals surface area contributed by atoms with E-state index in [2.05, 4.69) is 17.1 Å². The zero-order valence-electron chi connectivity index (χ0n) is 17.7. The highest BCUT2D eigenvalue weighted by molar-refractivity contribution is 5.99. The number of anilines is 1. The van der Waals surface area contributed by atoms with Crippen molar-refractivity contribution < 1.29 is 19.1 Å². The minimum absolute atomic E-state index is 0.00928. The molecule has 0 bridgehead atoms. The van der Waals surface area contributed by atoms with Gasteiger partial charge in [-0.25, -0.2) is 0 Å². The number of rotatable bonds is 4. The van der Waals surface area contributed by atoms with Crippen LogP contribution in [0.2, 0.25) is 0 Å². The minimum atomic E-state index is -0.647. The highest BCUT2D eigenvalue weighted by Crippen LogP contribution is 2.44. The summed E-state index contributed by atoms with van der Waals surface area (Å²) >= 11 is 0. The molecule has 7 nitrogen and oxygen atoms in total. The molecule has 1 aliphatic carbocycles. The van der Waals surface area contributed by atoms with Gasteiger partial charge in [0, 0.05) is 37.4 Å². The van der Waals surface area contributed by atoms with E-state index in [-0.39, 0.29) is 24.2 Å². The molecule has 3 fully saturated rings. The molecular formula is C23H31N3O4. The Bertz CT molecular complexity index is 810. The van der Waals surface area contributed by atoms with E-state index in [1.54, 1.807) is 24.3 Å². The van der Waals surface area contributed by atoms with Crippen molar-refractivity contribution >= 4 is 23.5 Å². The molecule has 162 valence electrons.